The third-order valence-electron chi connectivity index (χ3n) is 2.45. The maximum absolute atomic E-state index is 10.2. The SMILES string of the molecule is Cc1nccc(C(O)c2cnccc2C)n1. The Bertz CT molecular complexity index is 499. The van der Waals surface area contributed by atoms with E-state index in [0.717, 1.165) is 11.1 Å². The maximum atomic E-state index is 10.2. The lowest BCUT2D eigenvalue weighted by atomic mass is 10.0. The molecule has 0 saturated heterocycles. The molecule has 0 bridgehead atoms. The maximum Gasteiger partial charge on any atom is 0.125 e. The second kappa shape index (κ2) is 4.37. The van der Waals surface area contributed by atoms with Gasteiger partial charge in [-0.3, -0.25) is 4.98 Å². The topological polar surface area (TPSA) is 58.9 Å². The molecular formula is C12H13N3O. The molecule has 0 aliphatic carbocycles. The molecule has 4 heteroatoms. The molecule has 0 aromatic carbocycles. The van der Waals surface area contributed by atoms with E-state index in [9.17, 15) is 5.11 Å². The summed E-state index contributed by atoms with van der Waals surface area (Å²) in [6.45, 7) is 3.74. The Morgan fingerprint density at radius 2 is 2.00 bits per heavy atom. The lowest BCUT2D eigenvalue weighted by molar-refractivity contribution is 0.213. The highest BCUT2D eigenvalue weighted by atomic mass is 16.3. The van der Waals surface area contributed by atoms with Crippen LogP contribution in [0.2, 0.25) is 0 Å². The van der Waals surface area contributed by atoms with Gasteiger partial charge in [-0.1, -0.05) is 0 Å². The van der Waals surface area contributed by atoms with Crippen molar-refractivity contribution in [1.29, 1.82) is 0 Å². The van der Waals surface area contributed by atoms with E-state index in [0.29, 0.717) is 11.5 Å². The summed E-state index contributed by atoms with van der Waals surface area (Å²) in [5.74, 6) is 0.651. The first-order chi connectivity index (χ1) is 7.68. The van der Waals surface area contributed by atoms with Gasteiger partial charge in [0, 0.05) is 24.2 Å². The van der Waals surface area contributed by atoms with Crippen molar-refractivity contribution < 1.29 is 5.11 Å². The van der Waals surface area contributed by atoms with Crippen molar-refractivity contribution in [2.75, 3.05) is 0 Å². The summed E-state index contributed by atoms with van der Waals surface area (Å²) in [4.78, 5) is 12.2. The van der Waals surface area contributed by atoms with Gasteiger partial charge in [0.05, 0.1) is 5.69 Å². The highest BCUT2D eigenvalue weighted by molar-refractivity contribution is 5.29. The summed E-state index contributed by atoms with van der Waals surface area (Å²) in [5, 5.41) is 10.2. The summed E-state index contributed by atoms with van der Waals surface area (Å²) in [6, 6.07) is 3.58. The van der Waals surface area contributed by atoms with Crippen molar-refractivity contribution in [2.24, 2.45) is 0 Å². The predicted molar refractivity (Wildman–Crippen MR) is 59.8 cm³/mol. The molecule has 0 aliphatic rings. The number of nitrogens with zero attached hydrogens (tertiary/aromatic N) is 3. The normalized spacial score (nSPS) is 12.4. The second-order valence-corrected chi connectivity index (χ2v) is 3.66. The molecule has 2 rings (SSSR count). The molecule has 2 heterocycles. The van der Waals surface area contributed by atoms with Crippen molar-refractivity contribution in [1.82, 2.24) is 15.0 Å². The van der Waals surface area contributed by atoms with Gasteiger partial charge in [-0.2, -0.15) is 0 Å². The van der Waals surface area contributed by atoms with Crippen LogP contribution >= 0.6 is 0 Å². The van der Waals surface area contributed by atoms with Crippen LogP contribution in [0.5, 0.6) is 0 Å². The van der Waals surface area contributed by atoms with E-state index >= 15 is 0 Å². The molecule has 1 N–H and O–H groups in total. The van der Waals surface area contributed by atoms with Gasteiger partial charge in [-0.05, 0) is 31.5 Å². The van der Waals surface area contributed by atoms with Crippen LogP contribution in [0.4, 0.5) is 0 Å². The van der Waals surface area contributed by atoms with Crippen LogP contribution in [-0.2, 0) is 0 Å². The van der Waals surface area contributed by atoms with Crippen molar-refractivity contribution in [3.8, 4) is 0 Å². The van der Waals surface area contributed by atoms with Crippen LogP contribution in [-0.4, -0.2) is 20.1 Å². The van der Waals surface area contributed by atoms with E-state index in [1.807, 2.05) is 13.0 Å². The highest BCUT2D eigenvalue weighted by Gasteiger charge is 2.14. The number of aromatic nitrogens is 3. The van der Waals surface area contributed by atoms with Crippen molar-refractivity contribution in [3.05, 3.63) is 53.4 Å². The molecule has 0 saturated carbocycles. The fraction of sp³-hybridized carbons (Fsp3) is 0.250. The number of hydrogen-bond donors (Lipinski definition) is 1. The summed E-state index contributed by atoms with van der Waals surface area (Å²) >= 11 is 0. The Balaban J connectivity index is 2.39. The number of pyridine rings is 1. The minimum absolute atomic E-state index is 0.601. The molecule has 0 spiro atoms. The molecule has 0 amide bonds. The van der Waals surface area contributed by atoms with Gasteiger partial charge in [0.1, 0.15) is 11.9 Å². The zero-order valence-electron chi connectivity index (χ0n) is 9.25. The Labute approximate surface area is 94.0 Å². The van der Waals surface area contributed by atoms with Crippen molar-refractivity contribution in [3.63, 3.8) is 0 Å². The molecule has 0 aliphatic heterocycles. The largest absolute Gasteiger partial charge is 0.382 e. The number of aliphatic hydroxyl groups is 1. The van der Waals surface area contributed by atoms with Gasteiger partial charge >= 0.3 is 0 Å². The van der Waals surface area contributed by atoms with Crippen LogP contribution in [0, 0.1) is 13.8 Å². The Morgan fingerprint density at radius 3 is 2.69 bits per heavy atom. The second-order valence-electron chi connectivity index (χ2n) is 3.66. The van der Waals surface area contributed by atoms with Gasteiger partial charge in [0.2, 0.25) is 0 Å². The van der Waals surface area contributed by atoms with Crippen molar-refractivity contribution >= 4 is 0 Å². The molecule has 0 radical (unpaired) electrons. The fourth-order valence-corrected chi connectivity index (χ4v) is 1.55. The zero-order chi connectivity index (χ0) is 11.5. The Hall–Kier alpha value is -1.81. The summed E-state index contributed by atoms with van der Waals surface area (Å²) in [7, 11) is 0. The predicted octanol–water partition coefficient (Wildman–Crippen LogP) is 1.57. The molecule has 1 atom stereocenters. The third kappa shape index (κ3) is 2.06. The number of aliphatic hydroxyl groups excluding tert-OH is 1. The standard InChI is InChI=1S/C12H13N3O/c1-8-3-5-13-7-10(8)12(16)11-4-6-14-9(2)15-11/h3-7,12,16H,1-2H3. The van der Waals surface area contributed by atoms with E-state index < -0.39 is 6.10 Å². The molecule has 16 heavy (non-hydrogen) atoms. The monoisotopic (exact) mass is 215 g/mol. The van der Waals surface area contributed by atoms with Crippen LogP contribution in [0.25, 0.3) is 0 Å². The zero-order valence-corrected chi connectivity index (χ0v) is 9.25. The van der Waals surface area contributed by atoms with Crippen LogP contribution in [0.3, 0.4) is 0 Å². The quantitative estimate of drug-likeness (QED) is 0.826. The van der Waals surface area contributed by atoms with E-state index in [-0.39, 0.29) is 0 Å². The van der Waals surface area contributed by atoms with Gasteiger partial charge in [-0.15, -0.1) is 0 Å². The molecule has 2 aromatic heterocycles. The summed E-state index contributed by atoms with van der Waals surface area (Å²) in [5.41, 5.74) is 2.38. The average Bonchev–Trinajstić information content (AvgIpc) is 2.29. The Morgan fingerprint density at radius 1 is 1.19 bits per heavy atom. The average molecular weight is 215 g/mol. The molecular weight excluding hydrogens is 202 g/mol. The van der Waals surface area contributed by atoms with E-state index in [1.54, 1.807) is 31.6 Å². The molecule has 2 aromatic rings. The van der Waals surface area contributed by atoms with Crippen LogP contribution < -0.4 is 0 Å². The van der Waals surface area contributed by atoms with E-state index in [4.69, 9.17) is 0 Å². The molecule has 1 unspecified atom stereocenters. The highest BCUT2D eigenvalue weighted by Crippen LogP contribution is 2.21. The van der Waals surface area contributed by atoms with Crippen LogP contribution in [0.15, 0.2) is 30.7 Å². The lowest BCUT2D eigenvalue weighted by Gasteiger charge is -2.12. The minimum Gasteiger partial charge on any atom is -0.382 e. The Kier molecular flexibility index (Phi) is 2.92. The molecule has 82 valence electrons. The fourth-order valence-electron chi connectivity index (χ4n) is 1.55. The number of aryl methyl sites for hydroxylation is 2. The van der Waals surface area contributed by atoms with Crippen molar-refractivity contribution in [2.45, 2.75) is 20.0 Å². The first-order valence-corrected chi connectivity index (χ1v) is 5.06. The van der Waals surface area contributed by atoms with Gasteiger partial charge in [-0.25, -0.2) is 9.97 Å². The van der Waals surface area contributed by atoms with Gasteiger partial charge in [0.15, 0.2) is 0 Å². The first-order valence-electron chi connectivity index (χ1n) is 5.06. The smallest absolute Gasteiger partial charge is 0.125 e. The number of rotatable bonds is 2. The first kappa shape index (κ1) is 10.7. The number of hydrogen-bond acceptors (Lipinski definition) is 4. The van der Waals surface area contributed by atoms with Gasteiger partial charge < -0.3 is 5.11 Å². The van der Waals surface area contributed by atoms with Crippen LogP contribution in [0.1, 0.15) is 28.7 Å². The van der Waals surface area contributed by atoms with E-state index in [1.165, 1.54) is 0 Å². The van der Waals surface area contributed by atoms with E-state index in [2.05, 4.69) is 15.0 Å². The third-order valence-corrected chi connectivity index (χ3v) is 2.45. The minimum atomic E-state index is -0.740. The molecule has 4 nitrogen and oxygen atoms in total. The van der Waals surface area contributed by atoms with Gasteiger partial charge in [0.25, 0.3) is 0 Å². The molecule has 0 fully saturated rings. The summed E-state index contributed by atoms with van der Waals surface area (Å²) in [6.07, 6.45) is 4.27. The summed E-state index contributed by atoms with van der Waals surface area (Å²) < 4.78 is 0. The lowest BCUT2D eigenvalue weighted by Crippen LogP contribution is -2.06.